The third kappa shape index (κ3) is 3.26. The molecule has 0 aliphatic rings. The van der Waals surface area contributed by atoms with Crippen LogP contribution in [0.4, 0.5) is 11.6 Å². The van der Waals surface area contributed by atoms with Crippen molar-refractivity contribution in [3.63, 3.8) is 0 Å². The van der Waals surface area contributed by atoms with E-state index in [0.717, 1.165) is 11.3 Å². The zero-order chi connectivity index (χ0) is 19.7. The molecule has 8 heteroatoms. The number of carboxylic acids is 2. The Bertz CT molecular complexity index is 1180. The van der Waals surface area contributed by atoms with Gasteiger partial charge in [-0.05, 0) is 48.5 Å². The van der Waals surface area contributed by atoms with Gasteiger partial charge in [-0.1, -0.05) is 18.2 Å². The normalized spacial score (nSPS) is 10.7. The van der Waals surface area contributed by atoms with Gasteiger partial charge in [0.15, 0.2) is 5.65 Å². The molecule has 0 bridgehead atoms. The molecular weight excluding hydrogens is 360 g/mol. The van der Waals surface area contributed by atoms with Gasteiger partial charge in [0.2, 0.25) is 5.95 Å². The Morgan fingerprint density at radius 3 is 2.04 bits per heavy atom. The van der Waals surface area contributed by atoms with Crippen LogP contribution >= 0.6 is 0 Å². The fourth-order valence-electron chi connectivity index (χ4n) is 2.79. The third-order valence-electron chi connectivity index (χ3n) is 4.18. The molecular formula is C20H14N4O4. The molecule has 8 nitrogen and oxygen atoms in total. The second-order valence-electron chi connectivity index (χ2n) is 6.01. The molecule has 138 valence electrons. The van der Waals surface area contributed by atoms with Crippen molar-refractivity contribution in [2.45, 2.75) is 0 Å². The van der Waals surface area contributed by atoms with E-state index in [1.165, 1.54) is 24.3 Å². The number of carboxylic acid groups (broad SMARTS) is 2. The Labute approximate surface area is 158 Å². The van der Waals surface area contributed by atoms with Crippen molar-refractivity contribution in [3.05, 3.63) is 77.9 Å². The first-order valence-electron chi connectivity index (χ1n) is 8.31. The third-order valence-corrected chi connectivity index (χ3v) is 4.18. The number of pyridine rings is 1. The summed E-state index contributed by atoms with van der Waals surface area (Å²) in [6, 6.07) is 18.3. The first kappa shape index (κ1) is 17.2. The lowest BCUT2D eigenvalue weighted by Crippen LogP contribution is -1.98. The van der Waals surface area contributed by atoms with Crippen LogP contribution in [-0.4, -0.2) is 36.7 Å². The Kier molecular flexibility index (Phi) is 4.21. The zero-order valence-electron chi connectivity index (χ0n) is 14.4. The number of aromatic nitrogens is 3. The molecule has 0 saturated heterocycles. The zero-order valence-corrected chi connectivity index (χ0v) is 14.4. The summed E-state index contributed by atoms with van der Waals surface area (Å²) in [6.07, 6.45) is 0. The van der Waals surface area contributed by atoms with Crippen molar-refractivity contribution in [2.75, 3.05) is 5.32 Å². The lowest BCUT2D eigenvalue weighted by Gasteiger charge is -2.04. The van der Waals surface area contributed by atoms with Gasteiger partial charge in [0.05, 0.1) is 16.8 Å². The highest BCUT2D eigenvalue weighted by Gasteiger charge is 2.10. The van der Waals surface area contributed by atoms with Gasteiger partial charge in [0.1, 0.15) is 0 Å². The largest absolute Gasteiger partial charge is 0.478 e. The van der Waals surface area contributed by atoms with E-state index in [4.69, 9.17) is 10.2 Å². The average molecular weight is 374 g/mol. The molecule has 0 unspecified atom stereocenters. The SMILES string of the molecule is O=C(O)c1ccc(Nc2nc3cccc(-c4ccc(C(=O)O)cc4)n3n2)cc1. The number of carbonyl (C=O) groups is 2. The smallest absolute Gasteiger partial charge is 0.335 e. The minimum atomic E-state index is -0.990. The Balaban J connectivity index is 1.66. The molecule has 0 atom stereocenters. The topological polar surface area (TPSA) is 117 Å². The number of hydrogen-bond donors (Lipinski definition) is 3. The second kappa shape index (κ2) is 6.84. The van der Waals surface area contributed by atoms with E-state index < -0.39 is 11.9 Å². The molecule has 4 aromatic rings. The maximum absolute atomic E-state index is 11.0. The number of nitrogens with one attached hydrogen (secondary N) is 1. The number of anilines is 2. The van der Waals surface area contributed by atoms with Crippen molar-refractivity contribution in [2.24, 2.45) is 0 Å². The first-order valence-corrected chi connectivity index (χ1v) is 8.31. The standard InChI is InChI=1S/C20H14N4O4/c25-18(26)13-6-4-12(5-7-13)16-2-1-3-17-22-20(23-24(16)17)21-15-10-8-14(9-11-15)19(27)28/h1-11H,(H,21,23)(H,25,26)(H,27,28). The first-order chi connectivity index (χ1) is 13.5. The van der Waals surface area contributed by atoms with E-state index in [1.54, 1.807) is 34.8 Å². The van der Waals surface area contributed by atoms with Crippen LogP contribution < -0.4 is 5.32 Å². The van der Waals surface area contributed by atoms with Crippen LogP contribution in [0.15, 0.2) is 66.7 Å². The summed E-state index contributed by atoms with van der Waals surface area (Å²) in [4.78, 5) is 26.4. The number of benzene rings is 2. The van der Waals surface area contributed by atoms with E-state index >= 15 is 0 Å². The second-order valence-corrected chi connectivity index (χ2v) is 6.01. The predicted octanol–water partition coefficient (Wildman–Crippen LogP) is 3.54. The molecule has 0 spiro atoms. The summed E-state index contributed by atoms with van der Waals surface area (Å²) >= 11 is 0. The number of aromatic carboxylic acids is 2. The van der Waals surface area contributed by atoms with Gasteiger partial charge in [-0.25, -0.2) is 14.1 Å². The summed E-state index contributed by atoms with van der Waals surface area (Å²) in [7, 11) is 0. The van der Waals surface area contributed by atoms with Crippen LogP contribution in [0, 0.1) is 0 Å². The van der Waals surface area contributed by atoms with Crippen molar-refractivity contribution in [3.8, 4) is 11.3 Å². The Morgan fingerprint density at radius 1 is 0.821 bits per heavy atom. The highest BCUT2D eigenvalue weighted by atomic mass is 16.4. The predicted molar refractivity (Wildman–Crippen MR) is 102 cm³/mol. The van der Waals surface area contributed by atoms with Crippen LogP contribution in [0.25, 0.3) is 16.9 Å². The molecule has 2 aromatic carbocycles. The Hall–Kier alpha value is -4.20. The quantitative estimate of drug-likeness (QED) is 0.489. The molecule has 0 saturated carbocycles. The average Bonchev–Trinajstić information content (AvgIpc) is 3.11. The lowest BCUT2D eigenvalue weighted by atomic mass is 10.1. The highest BCUT2D eigenvalue weighted by Crippen LogP contribution is 2.22. The molecule has 2 aromatic heterocycles. The van der Waals surface area contributed by atoms with Crippen LogP contribution in [-0.2, 0) is 0 Å². The van der Waals surface area contributed by atoms with Crippen molar-refractivity contribution in [1.82, 2.24) is 14.6 Å². The summed E-state index contributed by atoms with van der Waals surface area (Å²) in [5, 5.41) is 25.5. The van der Waals surface area contributed by atoms with E-state index in [0.29, 0.717) is 17.3 Å². The van der Waals surface area contributed by atoms with Crippen molar-refractivity contribution < 1.29 is 19.8 Å². The monoisotopic (exact) mass is 374 g/mol. The fourth-order valence-corrected chi connectivity index (χ4v) is 2.79. The summed E-state index contributed by atoms with van der Waals surface area (Å²) < 4.78 is 1.66. The molecule has 2 heterocycles. The minimum absolute atomic E-state index is 0.195. The highest BCUT2D eigenvalue weighted by molar-refractivity contribution is 5.88. The van der Waals surface area contributed by atoms with Gasteiger partial charge in [-0.15, -0.1) is 5.10 Å². The Morgan fingerprint density at radius 2 is 1.43 bits per heavy atom. The summed E-state index contributed by atoms with van der Waals surface area (Å²) in [5.74, 6) is -1.61. The van der Waals surface area contributed by atoms with Gasteiger partial charge >= 0.3 is 11.9 Å². The van der Waals surface area contributed by atoms with Crippen LogP contribution in [0.2, 0.25) is 0 Å². The minimum Gasteiger partial charge on any atom is -0.478 e. The molecule has 0 fully saturated rings. The molecule has 0 radical (unpaired) electrons. The number of hydrogen-bond acceptors (Lipinski definition) is 5. The van der Waals surface area contributed by atoms with Gasteiger partial charge in [0.25, 0.3) is 0 Å². The molecule has 3 N–H and O–H groups in total. The van der Waals surface area contributed by atoms with E-state index in [2.05, 4.69) is 15.4 Å². The molecule has 4 rings (SSSR count). The van der Waals surface area contributed by atoms with Gasteiger partial charge in [0, 0.05) is 11.3 Å². The fraction of sp³-hybridized carbons (Fsp3) is 0. The van der Waals surface area contributed by atoms with Gasteiger partial charge in [-0.2, -0.15) is 4.98 Å². The number of nitrogens with zero attached hydrogens (tertiary/aromatic N) is 3. The molecule has 0 aliphatic heterocycles. The summed E-state index contributed by atoms with van der Waals surface area (Å²) in [5.41, 5.74) is 3.24. The summed E-state index contributed by atoms with van der Waals surface area (Å²) in [6.45, 7) is 0. The maximum Gasteiger partial charge on any atom is 0.335 e. The maximum atomic E-state index is 11.0. The number of rotatable bonds is 5. The molecule has 28 heavy (non-hydrogen) atoms. The van der Waals surface area contributed by atoms with E-state index in [1.807, 2.05) is 12.1 Å². The van der Waals surface area contributed by atoms with Crippen LogP contribution in [0.1, 0.15) is 20.7 Å². The number of fused-ring (bicyclic) bond motifs is 1. The van der Waals surface area contributed by atoms with Crippen LogP contribution in [0.3, 0.4) is 0 Å². The van der Waals surface area contributed by atoms with Crippen molar-refractivity contribution >= 4 is 29.2 Å². The van der Waals surface area contributed by atoms with E-state index in [9.17, 15) is 9.59 Å². The molecule has 0 amide bonds. The van der Waals surface area contributed by atoms with E-state index in [-0.39, 0.29) is 11.1 Å². The van der Waals surface area contributed by atoms with Crippen molar-refractivity contribution in [1.29, 1.82) is 0 Å². The van der Waals surface area contributed by atoms with Gasteiger partial charge < -0.3 is 15.5 Å². The lowest BCUT2D eigenvalue weighted by molar-refractivity contribution is 0.0686. The van der Waals surface area contributed by atoms with Gasteiger partial charge in [-0.3, -0.25) is 0 Å². The molecule has 0 aliphatic carbocycles. The van der Waals surface area contributed by atoms with Crippen LogP contribution in [0.5, 0.6) is 0 Å².